The van der Waals surface area contributed by atoms with Gasteiger partial charge in [-0.25, -0.2) is 4.98 Å². The van der Waals surface area contributed by atoms with Crippen LogP contribution in [0.3, 0.4) is 0 Å². The minimum atomic E-state index is -0.0561. The number of amides is 1. The molecule has 2 heterocycles. The van der Waals surface area contributed by atoms with Crippen LogP contribution in [0.1, 0.15) is 56.4 Å². The molecule has 0 aliphatic carbocycles. The fourth-order valence-corrected chi connectivity index (χ4v) is 3.16. The normalized spacial score (nSPS) is 15.1. The fraction of sp³-hybridized carbons (Fsp3) is 0.500. The molecule has 1 aliphatic rings. The number of guanidine groups is 1. The van der Waals surface area contributed by atoms with Gasteiger partial charge in [-0.2, -0.15) is 0 Å². The molecule has 0 radical (unpaired) electrons. The molecule has 2 N–H and O–H groups in total. The van der Waals surface area contributed by atoms with Gasteiger partial charge in [-0.15, -0.1) is 0 Å². The molecular formula is C22H31N5O2. The van der Waals surface area contributed by atoms with Gasteiger partial charge in [0, 0.05) is 38.5 Å². The van der Waals surface area contributed by atoms with Crippen molar-refractivity contribution in [1.82, 2.24) is 20.5 Å². The lowest BCUT2D eigenvalue weighted by Gasteiger charge is -2.16. The van der Waals surface area contributed by atoms with Gasteiger partial charge in [0.15, 0.2) is 5.96 Å². The van der Waals surface area contributed by atoms with E-state index >= 15 is 0 Å². The largest absolute Gasteiger partial charge is 0.443 e. The number of carbonyl (C=O) groups excluding carboxylic acids is 1. The third-order valence-corrected chi connectivity index (χ3v) is 4.95. The summed E-state index contributed by atoms with van der Waals surface area (Å²) >= 11 is 0. The van der Waals surface area contributed by atoms with Gasteiger partial charge in [-0.05, 0) is 17.5 Å². The highest BCUT2D eigenvalue weighted by atomic mass is 16.4. The van der Waals surface area contributed by atoms with Crippen molar-refractivity contribution in [3.8, 4) is 0 Å². The predicted octanol–water partition coefficient (Wildman–Crippen LogP) is 2.96. The Morgan fingerprint density at radius 3 is 2.45 bits per heavy atom. The summed E-state index contributed by atoms with van der Waals surface area (Å²) in [5, 5.41) is 6.52. The van der Waals surface area contributed by atoms with Gasteiger partial charge < -0.3 is 20.0 Å². The Balaban J connectivity index is 1.46. The molecule has 1 saturated heterocycles. The van der Waals surface area contributed by atoms with Crippen LogP contribution in [0.4, 0.5) is 0 Å². The van der Waals surface area contributed by atoms with Crippen LogP contribution in [0, 0.1) is 0 Å². The number of nitrogens with zero attached hydrogens (tertiary/aromatic N) is 3. The number of hydrogen-bond donors (Lipinski definition) is 2. The molecule has 1 fully saturated rings. The SMILES string of the molecule is CN=C(NCc1ccc(CN2CCCC2=O)cc1)NCc1ncc(C(C)(C)C)o1. The van der Waals surface area contributed by atoms with Crippen molar-refractivity contribution in [3.63, 3.8) is 0 Å². The Kier molecular flexibility index (Phi) is 6.56. The van der Waals surface area contributed by atoms with Gasteiger partial charge in [0.05, 0.1) is 12.7 Å². The van der Waals surface area contributed by atoms with Crippen LogP contribution in [0.2, 0.25) is 0 Å². The van der Waals surface area contributed by atoms with Crippen molar-refractivity contribution in [1.29, 1.82) is 0 Å². The molecule has 29 heavy (non-hydrogen) atoms. The minimum Gasteiger partial charge on any atom is -0.443 e. The van der Waals surface area contributed by atoms with Crippen molar-refractivity contribution in [2.24, 2.45) is 4.99 Å². The predicted molar refractivity (Wildman–Crippen MR) is 113 cm³/mol. The third-order valence-electron chi connectivity index (χ3n) is 4.95. The van der Waals surface area contributed by atoms with Crippen molar-refractivity contribution in [3.05, 3.63) is 53.2 Å². The van der Waals surface area contributed by atoms with E-state index < -0.39 is 0 Å². The number of oxazole rings is 1. The zero-order valence-corrected chi connectivity index (χ0v) is 17.8. The van der Waals surface area contributed by atoms with Gasteiger partial charge in [0.25, 0.3) is 0 Å². The van der Waals surface area contributed by atoms with Gasteiger partial charge in [0.2, 0.25) is 11.8 Å². The van der Waals surface area contributed by atoms with E-state index in [1.807, 2.05) is 4.90 Å². The van der Waals surface area contributed by atoms with Gasteiger partial charge in [-0.3, -0.25) is 9.79 Å². The number of benzene rings is 1. The van der Waals surface area contributed by atoms with E-state index in [1.54, 1.807) is 13.2 Å². The lowest BCUT2D eigenvalue weighted by Crippen LogP contribution is -2.36. The Bertz CT molecular complexity index is 849. The lowest BCUT2D eigenvalue weighted by molar-refractivity contribution is -0.128. The summed E-state index contributed by atoms with van der Waals surface area (Å²) in [6, 6.07) is 8.33. The molecule has 1 aromatic heterocycles. The number of carbonyl (C=O) groups is 1. The van der Waals surface area contributed by atoms with E-state index in [9.17, 15) is 4.79 Å². The second-order valence-corrected chi connectivity index (χ2v) is 8.38. The first kappa shape index (κ1) is 20.9. The highest BCUT2D eigenvalue weighted by molar-refractivity contribution is 5.79. The maximum absolute atomic E-state index is 11.8. The first-order chi connectivity index (χ1) is 13.8. The summed E-state index contributed by atoms with van der Waals surface area (Å²) < 4.78 is 5.80. The second-order valence-electron chi connectivity index (χ2n) is 8.38. The molecular weight excluding hydrogens is 366 g/mol. The quantitative estimate of drug-likeness (QED) is 0.578. The summed E-state index contributed by atoms with van der Waals surface area (Å²) in [4.78, 5) is 22.3. The Morgan fingerprint density at radius 1 is 1.17 bits per heavy atom. The highest BCUT2D eigenvalue weighted by Crippen LogP contribution is 2.22. The summed E-state index contributed by atoms with van der Waals surface area (Å²) in [5.41, 5.74) is 2.25. The number of rotatable bonds is 6. The number of aliphatic imine (C=N–C) groups is 1. The minimum absolute atomic E-state index is 0.0561. The molecule has 0 spiro atoms. The zero-order chi connectivity index (χ0) is 20.9. The van der Waals surface area contributed by atoms with Crippen molar-refractivity contribution in [2.45, 2.75) is 58.7 Å². The average molecular weight is 398 g/mol. The molecule has 156 valence electrons. The van der Waals surface area contributed by atoms with E-state index in [2.05, 4.69) is 65.6 Å². The fourth-order valence-electron chi connectivity index (χ4n) is 3.16. The molecule has 0 atom stereocenters. The van der Waals surface area contributed by atoms with Crippen LogP contribution in [0.25, 0.3) is 0 Å². The maximum atomic E-state index is 11.8. The standard InChI is InChI=1S/C22H31N5O2/c1-22(2,3)18-13-24-19(29-18)14-26-21(23-4)25-12-16-7-9-17(10-8-16)15-27-11-5-6-20(27)28/h7-10,13H,5-6,11-12,14-15H2,1-4H3,(H2,23,25,26). The van der Waals surface area contributed by atoms with E-state index in [0.717, 1.165) is 29.9 Å². The number of nitrogens with one attached hydrogen (secondary N) is 2. The molecule has 3 rings (SSSR count). The molecule has 0 saturated carbocycles. The molecule has 0 bridgehead atoms. The number of hydrogen-bond acceptors (Lipinski definition) is 4. The molecule has 0 unspecified atom stereocenters. The smallest absolute Gasteiger partial charge is 0.222 e. The van der Waals surface area contributed by atoms with Crippen molar-refractivity contribution in [2.75, 3.05) is 13.6 Å². The summed E-state index contributed by atoms with van der Waals surface area (Å²) in [6.07, 6.45) is 3.43. The van der Waals surface area contributed by atoms with E-state index in [-0.39, 0.29) is 11.3 Å². The summed E-state index contributed by atoms with van der Waals surface area (Å²) in [5.74, 6) is 2.45. The maximum Gasteiger partial charge on any atom is 0.222 e. The summed E-state index contributed by atoms with van der Waals surface area (Å²) in [7, 11) is 1.74. The molecule has 1 aromatic carbocycles. The number of likely N-dealkylation sites (tertiary alicyclic amines) is 1. The van der Waals surface area contributed by atoms with Crippen LogP contribution >= 0.6 is 0 Å². The van der Waals surface area contributed by atoms with Crippen LogP contribution in [0.5, 0.6) is 0 Å². The molecule has 7 nitrogen and oxygen atoms in total. The van der Waals surface area contributed by atoms with Crippen LogP contribution in [-0.2, 0) is 29.8 Å². The molecule has 1 aliphatic heterocycles. The first-order valence-corrected chi connectivity index (χ1v) is 10.1. The third kappa shape index (κ3) is 5.82. The monoisotopic (exact) mass is 397 g/mol. The topological polar surface area (TPSA) is 82.8 Å². The molecule has 2 aromatic rings. The lowest BCUT2D eigenvalue weighted by atomic mass is 9.94. The molecule has 7 heteroatoms. The molecule has 1 amide bonds. The first-order valence-electron chi connectivity index (χ1n) is 10.1. The Morgan fingerprint density at radius 2 is 1.86 bits per heavy atom. The number of aromatic nitrogens is 1. The van der Waals surface area contributed by atoms with E-state index in [1.165, 1.54) is 0 Å². The van der Waals surface area contributed by atoms with E-state index in [0.29, 0.717) is 37.9 Å². The van der Waals surface area contributed by atoms with Gasteiger partial charge in [0.1, 0.15) is 5.76 Å². The van der Waals surface area contributed by atoms with Crippen LogP contribution in [0.15, 0.2) is 39.9 Å². The Hall–Kier alpha value is -2.83. The average Bonchev–Trinajstić information content (AvgIpc) is 3.32. The van der Waals surface area contributed by atoms with Crippen molar-refractivity contribution >= 4 is 11.9 Å². The highest BCUT2D eigenvalue weighted by Gasteiger charge is 2.20. The van der Waals surface area contributed by atoms with Crippen molar-refractivity contribution < 1.29 is 9.21 Å². The Labute approximate surface area is 172 Å². The van der Waals surface area contributed by atoms with E-state index in [4.69, 9.17) is 4.42 Å². The van der Waals surface area contributed by atoms with Crippen LogP contribution in [-0.4, -0.2) is 35.3 Å². The van der Waals surface area contributed by atoms with Gasteiger partial charge in [-0.1, -0.05) is 45.0 Å². The van der Waals surface area contributed by atoms with Crippen LogP contribution < -0.4 is 10.6 Å². The van der Waals surface area contributed by atoms with Gasteiger partial charge >= 0.3 is 0 Å². The summed E-state index contributed by atoms with van der Waals surface area (Å²) in [6.45, 7) is 8.98. The second kappa shape index (κ2) is 9.11. The zero-order valence-electron chi connectivity index (χ0n) is 17.8.